The maximum atomic E-state index is 13.4. The van der Waals surface area contributed by atoms with Crippen LogP contribution in [0.3, 0.4) is 0 Å². The van der Waals surface area contributed by atoms with Crippen LogP contribution in [-0.4, -0.2) is 48.3 Å². The van der Waals surface area contributed by atoms with Crippen LogP contribution in [0.4, 0.5) is 4.79 Å². The van der Waals surface area contributed by atoms with Gasteiger partial charge in [0.25, 0.3) is 0 Å². The molecule has 4 rings (SSSR count). The molecule has 2 aromatic rings. The van der Waals surface area contributed by atoms with Crippen molar-refractivity contribution >= 4 is 18.5 Å². The van der Waals surface area contributed by atoms with Crippen LogP contribution in [0.15, 0.2) is 12.1 Å². The summed E-state index contributed by atoms with van der Waals surface area (Å²) < 4.78 is 10.4. The second kappa shape index (κ2) is 15.6. The number of halogens is 1. The van der Waals surface area contributed by atoms with Crippen LogP contribution >= 0.6 is 12.4 Å². The lowest BCUT2D eigenvalue weighted by atomic mass is 9.85. The standard InChI is InChI=1S/C33H56N6O2.ClH/c1-8-26-20-29(10-3)37(34-26)22-24-12-16-28(17-13-24)36-39(32(40)41-33(5,6)7)31-18-14-25(15-19-31)23-38-30(11-4)21-27(9-2)35-38;/h20-21,24-25,28,31,36H,8-19,22-23H2,1-7H3;1H. The van der Waals surface area contributed by atoms with Crippen LogP contribution in [-0.2, 0) is 43.5 Å². The third-order valence-electron chi connectivity index (χ3n) is 9.08. The minimum Gasteiger partial charge on any atom is -0.443 e. The Hall–Kier alpha value is -2.06. The molecule has 2 aromatic heterocycles. The number of ether oxygens (including phenoxy) is 1. The van der Waals surface area contributed by atoms with Gasteiger partial charge in [-0.15, -0.1) is 12.4 Å². The fourth-order valence-electron chi connectivity index (χ4n) is 6.62. The van der Waals surface area contributed by atoms with Gasteiger partial charge in [0.15, 0.2) is 0 Å². The molecule has 0 radical (unpaired) electrons. The molecule has 1 N–H and O–H groups in total. The Balaban J connectivity index is 0.00000484. The molecule has 8 nitrogen and oxygen atoms in total. The molecule has 2 aliphatic carbocycles. The van der Waals surface area contributed by atoms with Gasteiger partial charge in [0.05, 0.1) is 17.4 Å². The van der Waals surface area contributed by atoms with Crippen LogP contribution in [0.2, 0.25) is 0 Å². The van der Waals surface area contributed by atoms with Gasteiger partial charge < -0.3 is 4.74 Å². The van der Waals surface area contributed by atoms with Gasteiger partial charge in [-0.1, -0.05) is 27.7 Å². The van der Waals surface area contributed by atoms with Crippen molar-refractivity contribution in [3.63, 3.8) is 0 Å². The fraction of sp³-hybridized carbons (Fsp3) is 0.788. The van der Waals surface area contributed by atoms with E-state index in [-0.39, 0.29) is 24.5 Å². The molecule has 2 aliphatic rings. The minimum absolute atomic E-state index is 0. The van der Waals surface area contributed by atoms with Crippen molar-refractivity contribution in [2.45, 2.75) is 156 Å². The highest BCUT2D eigenvalue weighted by Gasteiger charge is 2.34. The first-order valence-corrected chi connectivity index (χ1v) is 16.5. The second-order valence-electron chi connectivity index (χ2n) is 13.4. The predicted molar refractivity (Wildman–Crippen MR) is 172 cm³/mol. The zero-order chi connectivity index (χ0) is 29.6. The lowest BCUT2D eigenvalue weighted by Gasteiger charge is -2.41. The van der Waals surface area contributed by atoms with Crippen LogP contribution in [0.1, 0.15) is 123 Å². The van der Waals surface area contributed by atoms with Crippen molar-refractivity contribution in [3.8, 4) is 0 Å². The van der Waals surface area contributed by atoms with E-state index in [2.05, 4.69) is 54.6 Å². The molecule has 42 heavy (non-hydrogen) atoms. The Morgan fingerprint density at radius 3 is 1.67 bits per heavy atom. The zero-order valence-electron chi connectivity index (χ0n) is 27.3. The Morgan fingerprint density at radius 2 is 1.26 bits per heavy atom. The molecular formula is C33H57ClN6O2. The molecule has 0 bridgehead atoms. The van der Waals surface area contributed by atoms with Gasteiger partial charge in [-0.25, -0.2) is 15.2 Å². The van der Waals surface area contributed by atoms with Crippen molar-refractivity contribution in [3.05, 3.63) is 34.9 Å². The van der Waals surface area contributed by atoms with Crippen molar-refractivity contribution in [1.29, 1.82) is 0 Å². The van der Waals surface area contributed by atoms with E-state index in [4.69, 9.17) is 14.9 Å². The maximum Gasteiger partial charge on any atom is 0.425 e. The van der Waals surface area contributed by atoms with Gasteiger partial charge in [0.2, 0.25) is 0 Å². The number of amides is 1. The van der Waals surface area contributed by atoms with Gasteiger partial charge >= 0.3 is 6.09 Å². The number of carbonyl (C=O) groups excluding carboxylic acids is 1. The average Bonchev–Trinajstić information content (AvgIpc) is 3.55. The van der Waals surface area contributed by atoms with Gasteiger partial charge in [-0.2, -0.15) is 10.2 Å². The maximum absolute atomic E-state index is 13.4. The molecule has 0 spiro atoms. The first kappa shape index (κ1) is 34.4. The smallest absolute Gasteiger partial charge is 0.425 e. The molecule has 2 fully saturated rings. The number of nitrogens with zero attached hydrogens (tertiary/aromatic N) is 5. The van der Waals surface area contributed by atoms with Gasteiger partial charge in [-0.05, 0) is 122 Å². The SMILES string of the molecule is CCc1cc(CC)n(CC2CCC(NN(C(=O)OC(C)(C)C)C3CCC(Cn4nc(CC)cc4CC)CC3)CC2)n1.Cl. The Bertz CT molecular complexity index is 1110. The van der Waals surface area contributed by atoms with Crippen molar-refractivity contribution < 1.29 is 9.53 Å². The number of hydrogen-bond acceptors (Lipinski definition) is 5. The van der Waals surface area contributed by atoms with Crippen LogP contribution < -0.4 is 5.43 Å². The van der Waals surface area contributed by atoms with Gasteiger partial charge in [-0.3, -0.25) is 9.36 Å². The first-order valence-electron chi connectivity index (χ1n) is 16.5. The molecule has 0 aliphatic heterocycles. The van der Waals surface area contributed by atoms with Crippen molar-refractivity contribution in [2.24, 2.45) is 11.8 Å². The third kappa shape index (κ3) is 9.22. The normalized spacial score (nSPS) is 22.9. The largest absolute Gasteiger partial charge is 0.443 e. The molecular weight excluding hydrogens is 548 g/mol. The summed E-state index contributed by atoms with van der Waals surface area (Å²) in [5.41, 5.74) is 8.23. The van der Waals surface area contributed by atoms with Crippen LogP contribution in [0, 0.1) is 11.8 Å². The number of hydrazine groups is 1. The van der Waals surface area contributed by atoms with Crippen LogP contribution in [0.5, 0.6) is 0 Å². The van der Waals surface area contributed by atoms with E-state index in [0.717, 1.165) is 90.1 Å². The van der Waals surface area contributed by atoms with E-state index < -0.39 is 5.60 Å². The molecule has 2 saturated carbocycles. The third-order valence-corrected chi connectivity index (χ3v) is 9.08. The number of aryl methyl sites for hydroxylation is 4. The zero-order valence-corrected chi connectivity index (χ0v) is 28.1. The summed E-state index contributed by atoms with van der Waals surface area (Å²) in [6.07, 6.45) is 12.4. The molecule has 0 unspecified atom stereocenters. The Labute approximate surface area is 260 Å². The van der Waals surface area contributed by atoms with E-state index in [1.165, 1.54) is 22.8 Å². The number of aromatic nitrogens is 4. The molecule has 2 heterocycles. The molecule has 0 saturated heterocycles. The highest BCUT2D eigenvalue weighted by atomic mass is 35.5. The summed E-state index contributed by atoms with van der Waals surface area (Å²) in [5.74, 6) is 1.23. The van der Waals surface area contributed by atoms with Crippen molar-refractivity contribution in [2.75, 3.05) is 0 Å². The quantitative estimate of drug-likeness (QED) is 0.272. The minimum atomic E-state index is -0.516. The molecule has 1 amide bonds. The highest BCUT2D eigenvalue weighted by molar-refractivity contribution is 5.85. The van der Waals surface area contributed by atoms with E-state index >= 15 is 0 Å². The number of hydrogen-bond donors (Lipinski definition) is 1. The highest BCUT2D eigenvalue weighted by Crippen LogP contribution is 2.31. The van der Waals surface area contributed by atoms with E-state index in [9.17, 15) is 4.79 Å². The number of rotatable bonds is 11. The van der Waals surface area contributed by atoms with Gasteiger partial charge in [0, 0.05) is 30.5 Å². The monoisotopic (exact) mass is 604 g/mol. The summed E-state index contributed by atoms with van der Waals surface area (Å²) in [6.45, 7) is 16.6. The summed E-state index contributed by atoms with van der Waals surface area (Å²) in [5, 5.41) is 11.6. The van der Waals surface area contributed by atoms with Crippen LogP contribution in [0.25, 0.3) is 0 Å². The predicted octanol–water partition coefficient (Wildman–Crippen LogP) is 7.31. The van der Waals surface area contributed by atoms with E-state index in [1.54, 1.807) is 0 Å². The Morgan fingerprint density at radius 1 is 0.810 bits per heavy atom. The molecule has 0 aromatic carbocycles. The lowest BCUT2D eigenvalue weighted by Crippen LogP contribution is -2.56. The average molecular weight is 605 g/mol. The lowest BCUT2D eigenvalue weighted by molar-refractivity contribution is -0.0142. The molecule has 238 valence electrons. The van der Waals surface area contributed by atoms with Crippen molar-refractivity contribution in [1.82, 2.24) is 30.0 Å². The second-order valence-corrected chi connectivity index (χ2v) is 13.4. The number of carbonyl (C=O) groups is 1. The summed E-state index contributed by atoms with van der Waals surface area (Å²) >= 11 is 0. The van der Waals surface area contributed by atoms with E-state index in [1.807, 2.05) is 25.8 Å². The Kier molecular flexibility index (Phi) is 12.8. The first-order chi connectivity index (χ1) is 19.6. The summed E-state index contributed by atoms with van der Waals surface area (Å²) in [7, 11) is 0. The van der Waals surface area contributed by atoms with E-state index in [0.29, 0.717) is 17.9 Å². The van der Waals surface area contributed by atoms with Gasteiger partial charge in [0.1, 0.15) is 5.60 Å². The summed E-state index contributed by atoms with van der Waals surface area (Å²) in [4.78, 5) is 13.4. The summed E-state index contributed by atoms with van der Waals surface area (Å²) in [6, 6.07) is 4.99. The fourth-order valence-corrected chi connectivity index (χ4v) is 6.62. The topological polar surface area (TPSA) is 77.2 Å². The molecule has 0 atom stereocenters. The number of nitrogens with one attached hydrogen (secondary N) is 1. The molecule has 9 heteroatoms.